The number of phenolic OH excluding ortho intramolecular Hbond substituents is 1. The highest BCUT2D eigenvalue weighted by atomic mass is 16.3. The fraction of sp³-hybridized carbons (Fsp3) is 0.300. The lowest BCUT2D eigenvalue weighted by Crippen LogP contribution is -2.30. The first-order valence-corrected chi connectivity index (χ1v) is 4.67. The van der Waals surface area contributed by atoms with Crippen molar-refractivity contribution in [1.82, 2.24) is 5.32 Å². The van der Waals surface area contributed by atoms with E-state index in [0.29, 0.717) is 24.3 Å². The molecule has 1 aromatic rings. The van der Waals surface area contributed by atoms with Crippen LogP contribution >= 0.6 is 0 Å². The number of benzene rings is 1. The van der Waals surface area contributed by atoms with E-state index < -0.39 is 0 Å². The molecule has 1 rings (SSSR count). The summed E-state index contributed by atoms with van der Waals surface area (Å²) in [4.78, 5) is 11.3. The van der Waals surface area contributed by atoms with E-state index in [2.05, 4.69) is 5.32 Å². The molecule has 0 aromatic heterocycles. The van der Waals surface area contributed by atoms with Crippen LogP contribution in [0.4, 0.5) is 5.69 Å². The third kappa shape index (κ3) is 3.47. The maximum absolute atomic E-state index is 11.3. The first-order chi connectivity index (χ1) is 7.13. The largest absolute Gasteiger partial charge is 0.508 e. The predicted octanol–water partition coefficient (Wildman–Crippen LogP) is -0.408. The van der Waals surface area contributed by atoms with Crippen molar-refractivity contribution in [2.45, 2.75) is 6.42 Å². The zero-order chi connectivity index (χ0) is 11.3. The molecule has 1 amide bonds. The van der Waals surface area contributed by atoms with Crippen LogP contribution in [0.3, 0.4) is 0 Å². The summed E-state index contributed by atoms with van der Waals surface area (Å²) in [5.41, 5.74) is 12.0. The Morgan fingerprint density at radius 1 is 1.47 bits per heavy atom. The first kappa shape index (κ1) is 11.3. The van der Waals surface area contributed by atoms with Crippen LogP contribution in [-0.2, 0) is 11.2 Å². The fourth-order valence-corrected chi connectivity index (χ4v) is 1.19. The number of aromatic hydroxyl groups is 1. The standard InChI is InChI=1S/C10H15N3O2/c11-3-4-13-10(15)6-7-5-8(14)1-2-9(7)12/h1-2,5,14H,3-4,6,11-12H2,(H,13,15). The molecule has 0 radical (unpaired) electrons. The Morgan fingerprint density at radius 2 is 2.20 bits per heavy atom. The van der Waals surface area contributed by atoms with Crippen molar-refractivity contribution in [2.24, 2.45) is 5.73 Å². The van der Waals surface area contributed by atoms with Crippen LogP contribution in [0.5, 0.6) is 5.75 Å². The maximum Gasteiger partial charge on any atom is 0.224 e. The van der Waals surface area contributed by atoms with Gasteiger partial charge in [-0.25, -0.2) is 0 Å². The summed E-state index contributed by atoms with van der Waals surface area (Å²) in [6, 6.07) is 4.54. The second kappa shape index (κ2) is 5.21. The van der Waals surface area contributed by atoms with Crippen molar-refractivity contribution in [3.8, 4) is 5.75 Å². The number of nitrogen functional groups attached to an aromatic ring is 1. The Morgan fingerprint density at radius 3 is 2.87 bits per heavy atom. The van der Waals surface area contributed by atoms with Crippen molar-refractivity contribution >= 4 is 11.6 Å². The molecular weight excluding hydrogens is 194 g/mol. The van der Waals surface area contributed by atoms with Gasteiger partial charge in [-0.2, -0.15) is 0 Å². The second-order valence-electron chi connectivity index (χ2n) is 3.20. The molecular formula is C10H15N3O2. The average molecular weight is 209 g/mol. The molecule has 0 aliphatic heterocycles. The highest BCUT2D eigenvalue weighted by molar-refractivity contribution is 5.80. The van der Waals surface area contributed by atoms with E-state index >= 15 is 0 Å². The third-order valence-electron chi connectivity index (χ3n) is 1.94. The summed E-state index contributed by atoms with van der Waals surface area (Å²) in [6.07, 6.45) is 0.153. The molecule has 0 spiro atoms. The van der Waals surface area contributed by atoms with Crippen molar-refractivity contribution in [1.29, 1.82) is 0 Å². The lowest BCUT2D eigenvalue weighted by molar-refractivity contribution is -0.120. The number of nitrogens with two attached hydrogens (primary N) is 2. The van der Waals surface area contributed by atoms with Gasteiger partial charge in [-0.1, -0.05) is 0 Å². The smallest absolute Gasteiger partial charge is 0.224 e. The number of hydrogen-bond donors (Lipinski definition) is 4. The molecule has 15 heavy (non-hydrogen) atoms. The van der Waals surface area contributed by atoms with E-state index in [0.717, 1.165) is 0 Å². The van der Waals surface area contributed by atoms with Crippen molar-refractivity contribution in [3.63, 3.8) is 0 Å². The zero-order valence-corrected chi connectivity index (χ0v) is 8.36. The molecule has 6 N–H and O–H groups in total. The van der Waals surface area contributed by atoms with E-state index in [4.69, 9.17) is 11.5 Å². The normalized spacial score (nSPS) is 9.93. The summed E-state index contributed by atoms with van der Waals surface area (Å²) >= 11 is 0. The van der Waals surface area contributed by atoms with E-state index in [1.165, 1.54) is 12.1 Å². The second-order valence-corrected chi connectivity index (χ2v) is 3.20. The van der Waals surface area contributed by atoms with Gasteiger partial charge in [0.15, 0.2) is 0 Å². The van der Waals surface area contributed by atoms with E-state index in [9.17, 15) is 9.90 Å². The predicted molar refractivity (Wildman–Crippen MR) is 58.3 cm³/mol. The van der Waals surface area contributed by atoms with Crippen LogP contribution in [-0.4, -0.2) is 24.1 Å². The van der Waals surface area contributed by atoms with Gasteiger partial charge >= 0.3 is 0 Å². The number of hydrogen-bond acceptors (Lipinski definition) is 4. The van der Waals surface area contributed by atoms with Gasteiger partial charge in [-0.3, -0.25) is 4.79 Å². The van der Waals surface area contributed by atoms with Crippen LogP contribution in [0.15, 0.2) is 18.2 Å². The van der Waals surface area contributed by atoms with Gasteiger partial charge in [-0.15, -0.1) is 0 Å². The molecule has 0 aliphatic rings. The van der Waals surface area contributed by atoms with Crippen molar-refractivity contribution in [2.75, 3.05) is 18.8 Å². The minimum Gasteiger partial charge on any atom is -0.508 e. The number of carbonyl (C=O) groups excluding carboxylic acids is 1. The average Bonchev–Trinajstić information content (AvgIpc) is 2.20. The summed E-state index contributed by atoms with van der Waals surface area (Å²) in [6.45, 7) is 0.846. The quantitative estimate of drug-likeness (QED) is 0.400. The highest BCUT2D eigenvalue weighted by Gasteiger charge is 2.06. The molecule has 1 aromatic carbocycles. The number of carbonyl (C=O) groups is 1. The zero-order valence-electron chi connectivity index (χ0n) is 8.36. The number of rotatable bonds is 4. The molecule has 0 heterocycles. The maximum atomic E-state index is 11.3. The topological polar surface area (TPSA) is 101 Å². The summed E-state index contributed by atoms with van der Waals surface area (Å²) < 4.78 is 0. The van der Waals surface area contributed by atoms with Gasteiger partial charge in [0.25, 0.3) is 0 Å². The van der Waals surface area contributed by atoms with Gasteiger partial charge in [0, 0.05) is 18.8 Å². The SMILES string of the molecule is NCCNC(=O)Cc1cc(O)ccc1N. The van der Waals surface area contributed by atoms with Crippen LogP contribution in [0, 0.1) is 0 Å². The Bertz CT molecular complexity index is 353. The van der Waals surface area contributed by atoms with Gasteiger partial charge in [0.1, 0.15) is 5.75 Å². The minimum atomic E-state index is -0.155. The van der Waals surface area contributed by atoms with Gasteiger partial charge < -0.3 is 21.9 Å². The Labute approximate surface area is 88.1 Å². The number of nitrogens with one attached hydrogen (secondary N) is 1. The Kier molecular flexibility index (Phi) is 3.93. The molecule has 0 saturated carbocycles. The molecule has 82 valence electrons. The van der Waals surface area contributed by atoms with E-state index in [1.54, 1.807) is 6.07 Å². The van der Waals surface area contributed by atoms with Gasteiger partial charge in [-0.05, 0) is 23.8 Å². The lowest BCUT2D eigenvalue weighted by Gasteiger charge is -2.06. The molecule has 0 fully saturated rings. The van der Waals surface area contributed by atoms with Gasteiger partial charge in [0.2, 0.25) is 5.91 Å². The highest BCUT2D eigenvalue weighted by Crippen LogP contribution is 2.18. The third-order valence-corrected chi connectivity index (χ3v) is 1.94. The molecule has 0 atom stereocenters. The summed E-state index contributed by atoms with van der Waals surface area (Å²) in [7, 11) is 0. The molecule has 0 saturated heterocycles. The molecule has 0 aliphatic carbocycles. The lowest BCUT2D eigenvalue weighted by atomic mass is 10.1. The first-order valence-electron chi connectivity index (χ1n) is 4.67. The Hall–Kier alpha value is -1.75. The monoisotopic (exact) mass is 209 g/mol. The van der Waals surface area contributed by atoms with Crippen molar-refractivity contribution < 1.29 is 9.90 Å². The minimum absolute atomic E-state index is 0.103. The van der Waals surface area contributed by atoms with Crippen molar-refractivity contribution in [3.05, 3.63) is 23.8 Å². The van der Waals surface area contributed by atoms with E-state index in [-0.39, 0.29) is 18.1 Å². The number of amides is 1. The molecule has 0 unspecified atom stereocenters. The summed E-state index contributed by atoms with van der Waals surface area (Å²) in [5.74, 6) is -0.0522. The fourth-order valence-electron chi connectivity index (χ4n) is 1.19. The molecule has 5 nitrogen and oxygen atoms in total. The Balaban J connectivity index is 2.63. The number of anilines is 1. The number of phenols is 1. The van der Waals surface area contributed by atoms with Gasteiger partial charge in [0.05, 0.1) is 6.42 Å². The molecule has 0 bridgehead atoms. The van der Waals surface area contributed by atoms with E-state index in [1.807, 2.05) is 0 Å². The van der Waals surface area contributed by atoms with Crippen LogP contribution in [0.2, 0.25) is 0 Å². The van der Waals surface area contributed by atoms with Crippen LogP contribution in [0.25, 0.3) is 0 Å². The van der Waals surface area contributed by atoms with Crippen LogP contribution in [0.1, 0.15) is 5.56 Å². The molecule has 5 heteroatoms. The van der Waals surface area contributed by atoms with Crippen LogP contribution < -0.4 is 16.8 Å². The summed E-state index contributed by atoms with van der Waals surface area (Å²) in [5, 5.41) is 11.8.